The van der Waals surface area contributed by atoms with Gasteiger partial charge in [0.15, 0.2) is 0 Å². The van der Waals surface area contributed by atoms with Gasteiger partial charge < -0.3 is 4.90 Å². The average molecular weight is 340 g/mol. The molecule has 1 unspecified atom stereocenters. The highest BCUT2D eigenvalue weighted by molar-refractivity contribution is 7.89. The first-order valence-corrected chi connectivity index (χ1v) is 8.45. The van der Waals surface area contributed by atoms with Gasteiger partial charge in [-0.3, -0.25) is 0 Å². The third-order valence-electron chi connectivity index (χ3n) is 3.47. The van der Waals surface area contributed by atoms with Crippen molar-refractivity contribution in [2.24, 2.45) is 0 Å². The van der Waals surface area contributed by atoms with Crippen LogP contribution in [0.5, 0.6) is 0 Å². The first-order valence-electron chi connectivity index (χ1n) is 6.97. The lowest BCUT2D eigenvalue weighted by molar-refractivity contribution is 0.299. The summed E-state index contributed by atoms with van der Waals surface area (Å²) < 4.78 is 52.9. The number of rotatable bonds is 6. The fraction of sp³-hybridized carbons (Fsp3) is 0.250. The van der Waals surface area contributed by atoms with Crippen LogP contribution < -0.4 is 4.72 Å². The van der Waals surface area contributed by atoms with E-state index in [9.17, 15) is 17.2 Å². The fourth-order valence-electron chi connectivity index (χ4n) is 2.17. The normalized spacial score (nSPS) is 13.3. The number of benzene rings is 2. The lowest BCUT2D eigenvalue weighted by Gasteiger charge is -2.25. The lowest BCUT2D eigenvalue weighted by Crippen LogP contribution is -2.34. The fourth-order valence-corrected chi connectivity index (χ4v) is 3.21. The Morgan fingerprint density at radius 2 is 1.43 bits per heavy atom. The molecule has 1 atom stereocenters. The van der Waals surface area contributed by atoms with Crippen LogP contribution in [0, 0.1) is 11.6 Å². The summed E-state index contributed by atoms with van der Waals surface area (Å²) in [5, 5.41) is 0. The molecule has 0 radical (unpaired) electrons. The highest BCUT2D eigenvalue weighted by atomic mass is 32.2. The molecule has 0 fully saturated rings. The molecule has 0 aromatic heterocycles. The summed E-state index contributed by atoms with van der Waals surface area (Å²) in [5.41, 5.74) is 0.790. The van der Waals surface area contributed by atoms with E-state index in [1.807, 2.05) is 4.90 Å². The van der Waals surface area contributed by atoms with Gasteiger partial charge in [-0.15, -0.1) is 0 Å². The first kappa shape index (κ1) is 17.5. The van der Waals surface area contributed by atoms with E-state index in [2.05, 4.69) is 4.72 Å². The predicted octanol–water partition coefficient (Wildman–Crippen LogP) is 2.55. The van der Waals surface area contributed by atoms with Gasteiger partial charge in [0.1, 0.15) is 11.6 Å². The van der Waals surface area contributed by atoms with E-state index >= 15 is 0 Å². The van der Waals surface area contributed by atoms with Crippen LogP contribution in [0.3, 0.4) is 0 Å². The van der Waals surface area contributed by atoms with Gasteiger partial charge in [-0.05, 0) is 56.1 Å². The van der Waals surface area contributed by atoms with E-state index < -0.39 is 15.8 Å². The maximum atomic E-state index is 13.0. The molecule has 0 bridgehead atoms. The van der Waals surface area contributed by atoms with E-state index in [1.54, 1.807) is 26.2 Å². The van der Waals surface area contributed by atoms with Crippen molar-refractivity contribution in [3.05, 3.63) is 65.7 Å². The maximum Gasteiger partial charge on any atom is 0.240 e. The largest absolute Gasteiger partial charge is 0.301 e. The number of halogens is 2. The molecule has 4 nitrogen and oxygen atoms in total. The molecular weight excluding hydrogens is 322 g/mol. The molecule has 0 heterocycles. The second-order valence-corrected chi connectivity index (χ2v) is 7.10. The zero-order valence-corrected chi connectivity index (χ0v) is 13.6. The van der Waals surface area contributed by atoms with Gasteiger partial charge in [-0.2, -0.15) is 0 Å². The Balaban J connectivity index is 2.15. The van der Waals surface area contributed by atoms with Crippen molar-refractivity contribution >= 4 is 10.0 Å². The molecule has 2 aromatic rings. The molecule has 0 saturated heterocycles. The van der Waals surface area contributed by atoms with Crippen molar-refractivity contribution in [2.45, 2.75) is 10.9 Å². The second-order valence-electron chi connectivity index (χ2n) is 5.34. The summed E-state index contributed by atoms with van der Waals surface area (Å²) >= 11 is 0. The van der Waals surface area contributed by atoms with Crippen LogP contribution in [-0.2, 0) is 10.0 Å². The number of sulfonamides is 1. The van der Waals surface area contributed by atoms with Crippen molar-refractivity contribution in [2.75, 3.05) is 20.6 Å². The zero-order valence-electron chi connectivity index (χ0n) is 12.8. The second kappa shape index (κ2) is 7.16. The molecule has 0 aliphatic rings. The van der Waals surface area contributed by atoms with Crippen LogP contribution in [-0.4, -0.2) is 34.0 Å². The summed E-state index contributed by atoms with van der Waals surface area (Å²) in [7, 11) is -0.128. The Morgan fingerprint density at radius 3 is 1.91 bits per heavy atom. The van der Waals surface area contributed by atoms with Crippen molar-refractivity contribution in [1.82, 2.24) is 9.62 Å². The Kier molecular flexibility index (Phi) is 5.46. The summed E-state index contributed by atoms with van der Waals surface area (Å²) in [6, 6.07) is 10.3. The number of likely N-dealkylation sites (N-methyl/N-ethyl adjacent to an activating group) is 1. The molecule has 7 heteroatoms. The van der Waals surface area contributed by atoms with Crippen LogP contribution in [0.15, 0.2) is 53.4 Å². The highest BCUT2D eigenvalue weighted by Gasteiger charge is 2.19. The minimum Gasteiger partial charge on any atom is -0.301 e. The smallest absolute Gasteiger partial charge is 0.240 e. The highest BCUT2D eigenvalue weighted by Crippen LogP contribution is 2.19. The van der Waals surface area contributed by atoms with Gasteiger partial charge in [0.2, 0.25) is 10.0 Å². The number of hydrogen-bond donors (Lipinski definition) is 1. The standard InChI is InChI=1S/C16H18F2N2O2S/c1-20(2)16(12-3-5-13(17)6-4-12)11-19-23(21,22)15-9-7-14(18)8-10-15/h3-10,16,19H,11H2,1-2H3. The third kappa shape index (κ3) is 4.57. The Morgan fingerprint density at radius 1 is 0.957 bits per heavy atom. The predicted molar refractivity (Wildman–Crippen MR) is 84.4 cm³/mol. The molecule has 0 saturated carbocycles. The van der Waals surface area contributed by atoms with Crippen LogP contribution in [0.1, 0.15) is 11.6 Å². The minimum atomic E-state index is -3.74. The number of hydrogen-bond acceptors (Lipinski definition) is 3. The van der Waals surface area contributed by atoms with Crippen LogP contribution in [0.4, 0.5) is 8.78 Å². The third-order valence-corrected chi connectivity index (χ3v) is 4.91. The topological polar surface area (TPSA) is 49.4 Å². The summed E-state index contributed by atoms with van der Waals surface area (Å²) in [6.45, 7) is 0.109. The van der Waals surface area contributed by atoms with Gasteiger partial charge in [0.05, 0.1) is 4.90 Å². The molecule has 2 aromatic carbocycles. The lowest BCUT2D eigenvalue weighted by atomic mass is 10.1. The average Bonchev–Trinajstić information content (AvgIpc) is 2.49. The molecular formula is C16H18F2N2O2S. The van der Waals surface area contributed by atoms with Crippen LogP contribution >= 0.6 is 0 Å². The number of nitrogens with zero attached hydrogens (tertiary/aromatic N) is 1. The van der Waals surface area contributed by atoms with E-state index in [0.717, 1.165) is 17.7 Å². The van der Waals surface area contributed by atoms with E-state index in [0.29, 0.717) is 0 Å². The Bertz CT molecular complexity index is 745. The molecule has 124 valence electrons. The van der Waals surface area contributed by atoms with Crippen molar-refractivity contribution in [3.63, 3.8) is 0 Å². The number of nitrogens with one attached hydrogen (secondary N) is 1. The van der Waals surface area contributed by atoms with Gasteiger partial charge >= 0.3 is 0 Å². The molecule has 23 heavy (non-hydrogen) atoms. The molecule has 0 aliphatic heterocycles. The van der Waals surface area contributed by atoms with Gasteiger partial charge in [0.25, 0.3) is 0 Å². The van der Waals surface area contributed by atoms with E-state index in [1.165, 1.54) is 24.3 Å². The van der Waals surface area contributed by atoms with Crippen molar-refractivity contribution < 1.29 is 17.2 Å². The van der Waals surface area contributed by atoms with Crippen LogP contribution in [0.2, 0.25) is 0 Å². The van der Waals surface area contributed by atoms with Gasteiger partial charge in [0, 0.05) is 12.6 Å². The zero-order chi connectivity index (χ0) is 17.0. The Labute approximate surface area is 134 Å². The molecule has 0 amide bonds. The molecule has 2 rings (SSSR count). The summed E-state index contributed by atoms with van der Waals surface area (Å²) in [4.78, 5) is 1.83. The maximum absolute atomic E-state index is 13.0. The quantitative estimate of drug-likeness (QED) is 0.879. The molecule has 1 N–H and O–H groups in total. The molecule has 0 spiro atoms. The monoisotopic (exact) mass is 340 g/mol. The van der Waals surface area contributed by atoms with Crippen molar-refractivity contribution in [1.29, 1.82) is 0 Å². The minimum absolute atomic E-state index is 0.00416. The van der Waals surface area contributed by atoms with E-state index in [4.69, 9.17) is 0 Å². The van der Waals surface area contributed by atoms with Gasteiger partial charge in [-0.1, -0.05) is 12.1 Å². The molecule has 0 aliphatic carbocycles. The van der Waals surface area contributed by atoms with Gasteiger partial charge in [-0.25, -0.2) is 21.9 Å². The Hall–Kier alpha value is -1.83. The van der Waals surface area contributed by atoms with Crippen molar-refractivity contribution in [3.8, 4) is 0 Å². The SMILES string of the molecule is CN(C)C(CNS(=O)(=O)c1ccc(F)cc1)c1ccc(F)cc1. The van der Waals surface area contributed by atoms with E-state index in [-0.39, 0.29) is 23.3 Å². The summed E-state index contributed by atoms with van der Waals surface area (Å²) in [5.74, 6) is -0.848. The summed E-state index contributed by atoms with van der Waals surface area (Å²) in [6.07, 6.45) is 0. The first-order chi connectivity index (χ1) is 10.8. The van der Waals surface area contributed by atoms with Crippen LogP contribution in [0.25, 0.3) is 0 Å².